The molecular weight excluding hydrogens is 338 g/mol. The van der Waals surface area contributed by atoms with Crippen molar-refractivity contribution >= 4 is 23.0 Å². The third-order valence-corrected chi connectivity index (χ3v) is 4.84. The van der Waals surface area contributed by atoms with Gasteiger partial charge in [0, 0.05) is 30.2 Å². The van der Waals surface area contributed by atoms with Gasteiger partial charge in [-0.15, -0.1) is 0 Å². The fourth-order valence-electron chi connectivity index (χ4n) is 3.28. The molecule has 2 aromatic rings. The number of hydrogen-bond donors (Lipinski definition) is 2. The van der Waals surface area contributed by atoms with Gasteiger partial charge in [0.15, 0.2) is 0 Å². The van der Waals surface area contributed by atoms with Crippen molar-refractivity contribution in [3.05, 3.63) is 54.1 Å². The van der Waals surface area contributed by atoms with E-state index in [9.17, 15) is 4.79 Å². The van der Waals surface area contributed by atoms with Crippen LogP contribution in [-0.4, -0.2) is 38.3 Å². The van der Waals surface area contributed by atoms with E-state index < -0.39 is 0 Å². The quantitative estimate of drug-likeness (QED) is 0.808. The maximum atomic E-state index is 12.7. The molecule has 0 aromatic heterocycles. The number of carbonyl (C=O) groups is 1. The van der Waals surface area contributed by atoms with Gasteiger partial charge in [0.1, 0.15) is 6.04 Å². The number of ether oxygens (including phenoxy) is 1. The van der Waals surface area contributed by atoms with Crippen LogP contribution >= 0.6 is 0 Å². The van der Waals surface area contributed by atoms with Gasteiger partial charge >= 0.3 is 0 Å². The summed E-state index contributed by atoms with van der Waals surface area (Å²) in [6.07, 6.45) is 0. The Kier molecular flexibility index (Phi) is 6.35. The van der Waals surface area contributed by atoms with Crippen molar-refractivity contribution in [2.45, 2.75) is 32.7 Å². The molecule has 1 saturated heterocycles. The fraction of sp³-hybridized carbons (Fsp3) is 0.409. The zero-order chi connectivity index (χ0) is 19.2. The third-order valence-electron chi connectivity index (χ3n) is 4.84. The average Bonchev–Trinajstić information content (AvgIpc) is 2.69. The number of rotatable bonds is 6. The van der Waals surface area contributed by atoms with Gasteiger partial charge in [-0.05, 0) is 42.7 Å². The van der Waals surface area contributed by atoms with Crippen LogP contribution < -0.4 is 15.5 Å². The highest BCUT2D eigenvalue weighted by atomic mass is 16.5. The van der Waals surface area contributed by atoms with E-state index in [1.54, 1.807) is 0 Å². The molecule has 0 spiro atoms. The fourth-order valence-corrected chi connectivity index (χ4v) is 3.28. The van der Waals surface area contributed by atoms with Crippen LogP contribution in [0.3, 0.4) is 0 Å². The molecule has 5 nitrogen and oxygen atoms in total. The molecule has 2 N–H and O–H groups in total. The zero-order valence-electron chi connectivity index (χ0n) is 16.4. The van der Waals surface area contributed by atoms with Crippen molar-refractivity contribution in [1.29, 1.82) is 0 Å². The van der Waals surface area contributed by atoms with Gasteiger partial charge in [-0.2, -0.15) is 0 Å². The molecule has 1 atom stereocenters. The minimum Gasteiger partial charge on any atom is -0.378 e. The summed E-state index contributed by atoms with van der Waals surface area (Å²) in [5.74, 6) is 0.315. The Morgan fingerprint density at radius 1 is 1.04 bits per heavy atom. The van der Waals surface area contributed by atoms with Crippen molar-refractivity contribution in [3.8, 4) is 0 Å². The lowest BCUT2D eigenvalue weighted by molar-refractivity contribution is -0.116. The summed E-state index contributed by atoms with van der Waals surface area (Å²) >= 11 is 0. The molecule has 1 fully saturated rings. The second-order valence-electron chi connectivity index (χ2n) is 7.25. The molecular formula is C22H29N3O2. The second kappa shape index (κ2) is 8.91. The number of anilines is 3. The lowest BCUT2D eigenvalue weighted by Gasteiger charge is -2.29. The van der Waals surface area contributed by atoms with Crippen LogP contribution in [0.4, 0.5) is 17.1 Å². The van der Waals surface area contributed by atoms with E-state index in [0.29, 0.717) is 5.92 Å². The highest BCUT2D eigenvalue weighted by Crippen LogP contribution is 2.24. The average molecular weight is 367 g/mol. The minimum absolute atomic E-state index is 0.0418. The Morgan fingerprint density at radius 2 is 1.78 bits per heavy atom. The molecule has 1 aliphatic heterocycles. The summed E-state index contributed by atoms with van der Waals surface area (Å²) in [5, 5.41) is 6.38. The van der Waals surface area contributed by atoms with E-state index in [0.717, 1.165) is 48.9 Å². The lowest BCUT2D eigenvalue weighted by atomic mass is 10.0. The second-order valence-corrected chi connectivity index (χ2v) is 7.25. The van der Waals surface area contributed by atoms with Crippen LogP contribution in [0.15, 0.2) is 48.5 Å². The number of benzene rings is 2. The highest BCUT2D eigenvalue weighted by Gasteiger charge is 2.16. The molecule has 27 heavy (non-hydrogen) atoms. The molecule has 1 amide bonds. The largest absolute Gasteiger partial charge is 0.378 e. The van der Waals surface area contributed by atoms with Crippen molar-refractivity contribution in [2.24, 2.45) is 0 Å². The van der Waals surface area contributed by atoms with Crippen molar-refractivity contribution in [1.82, 2.24) is 0 Å². The first-order chi connectivity index (χ1) is 13.0. The van der Waals surface area contributed by atoms with E-state index in [1.807, 2.05) is 37.3 Å². The molecule has 1 heterocycles. The summed E-state index contributed by atoms with van der Waals surface area (Å²) in [4.78, 5) is 15.0. The summed E-state index contributed by atoms with van der Waals surface area (Å²) < 4.78 is 5.42. The van der Waals surface area contributed by atoms with Gasteiger partial charge in [-0.3, -0.25) is 4.79 Å². The number of nitrogens with zero attached hydrogens (tertiary/aromatic N) is 1. The Balaban J connectivity index is 1.65. The van der Waals surface area contributed by atoms with Gasteiger partial charge in [0.05, 0.1) is 13.2 Å². The zero-order valence-corrected chi connectivity index (χ0v) is 16.4. The predicted octanol–water partition coefficient (Wildman–Crippen LogP) is 4.09. The van der Waals surface area contributed by atoms with Crippen LogP contribution in [-0.2, 0) is 9.53 Å². The first kappa shape index (κ1) is 19.2. The molecule has 0 saturated carbocycles. The number of carbonyl (C=O) groups excluding carboxylic acids is 1. The highest BCUT2D eigenvalue weighted by molar-refractivity contribution is 5.97. The molecule has 0 aliphatic carbocycles. The first-order valence-corrected chi connectivity index (χ1v) is 9.63. The van der Waals surface area contributed by atoms with Crippen molar-refractivity contribution in [3.63, 3.8) is 0 Å². The van der Waals surface area contributed by atoms with E-state index in [4.69, 9.17) is 4.74 Å². The van der Waals surface area contributed by atoms with E-state index >= 15 is 0 Å². The number of nitrogens with one attached hydrogen (secondary N) is 2. The Bertz CT molecular complexity index is 770. The van der Waals surface area contributed by atoms with Gasteiger partial charge in [-0.25, -0.2) is 0 Å². The summed E-state index contributed by atoms with van der Waals surface area (Å²) in [6.45, 7) is 9.44. The maximum Gasteiger partial charge on any atom is 0.246 e. The lowest BCUT2D eigenvalue weighted by Crippen LogP contribution is -2.36. The third kappa shape index (κ3) is 5.01. The molecule has 1 unspecified atom stereocenters. The van der Waals surface area contributed by atoms with E-state index in [-0.39, 0.29) is 11.9 Å². The first-order valence-electron chi connectivity index (χ1n) is 9.63. The van der Waals surface area contributed by atoms with Crippen molar-refractivity contribution < 1.29 is 9.53 Å². The van der Waals surface area contributed by atoms with E-state index in [1.165, 1.54) is 0 Å². The Morgan fingerprint density at radius 3 is 2.52 bits per heavy atom. The molecule has 2 aromatic carbocycles. The number of hydrogen-bond acceptors (Lipinski definition) is 4. The van der Waals surface area contributed by atoms with E-state index in [2.05, 4.69) is 47.6 Å². The summed E-state index contributed by atoms with van der Waals surface area (Å²) in [5.41, 5.74) is 4.13. The van der Waals surface area contributed by atoms with Crippen LogP contribution in [0.5, 0.6) is 0 Å². The SMILES string of the molecule is CC(Nc1cccc(N2CCOCC2)c1)C(=O)Nc1ccccc1C(C)C. The van der Waals surface area contributed by atoms with Crippen molar-refractivity contribution in [2.75, 3.05) is 41.8 Å². The summed E-state index contributed by atoms with van der Waals surface area (Å²) in [6, 6.07) is 15.8. The van der Waals surface area contributed by atoms with Gasteiger partial charge in [0.25, 0.3) is 0 Å². The van der Waals surface area contributed by atoms with Crippen LogP contribution in [0.2, 0.25) is 0 Å². The Hall–Kier alpha value is -2.53. The standard InChI is InChI=1S/C22H29N3O2/c1-16(2)20-9-4-5-10-21(20)24-22(26)17(3)23-18-7-6-8-19(15-18)25-11-13-27-14-12-25/h4-10,15-17,23H,11-14H2,1-3H3,(H,24,26). The molecule has 144 valence electrons. The summed E-state index contributed by atoms with van der Waals surface area (Å²) in [7, 11) is 0. The predicted molar refractivity (Wildman–Crippen MR) is 112 cm³/mol. The number of para-hydroxylation sites is 1. The maximum absolute atomic E-state index is 12.7. The van der Waals surface area contributed by atoms with Crippen LogP contribution in [0, 0.1) is 0 Å². The van der Waals surface area contributed by atoms with Gasteiger partial charge in [-0.1, -0.05) is 38.1 Å². The van der Waals surface area contributed by atoms with Gasteiger partial charge < -0.3 is 20.3 Å². The molecule has 1 aliphatic rings. The molecule has 3 rings (SSSR count). The normalized spacial score (nSPS) is 15.5. The topological polar surface area (TPSA) is 53.6 Å². The molecule has 0 bridgehead atoms. The number of morpholine rings is 1. The van der Waals surface area contributed by atoms with Crippen LogP contribution in [0.25, 0.3) is 0 Å². The Labute approximate surface area is 161 Å². The monoisotopic (exact) mass is 367 g/mol. The molecule has 5 heteroatoms. The van der Waals surface area contributed by atoms with Crippen LogP contribution in [0.1, 0.15) is 32.3 Å². The molecule has 0 radical (unpaired) electrons. The minimum atomic E-state index is -0.342. The smallest absolute Gasteiger partial charge is 0.246 e. The van der Waals surface area contributed by atoms with Gasteiger partial charge in [0.2, 0.25) is 5.91 Å². The number of amides is 1.